The summed E-state index contributed by atoms with van der Waals surface area (Å²) in [6.45, 7) is 4.03. The lowest BCUT2D eigenvalue weighted by atomic mass is 10.1. The standard InChI is InChI=1S/C15H15BrN4O/c1-9(2)20-14(10(16)7-18-20)15(21)13-8-17-11-5-3-4-6-12(11)19-13/h3-9,15,21H,1-2H3. The van der Waals surface area contributed by atoms with Crippen molar-refractivity contribution in [2.45, 2.75) is 26.0 Å². The zero-order chi connectivity index (χ0) is 15.0. The molecule has 0 bridgehead atoms. The fraction of sp³-hybridized carbons (Fsp3) is 0.267. The summed E-state index contributed by atoms with van der Waals surface area (Å²) >= 11 is 3.44. The van der Waals surface area contributed by atoms with Crippen LogP contribution in [0.15, 0.2) is 41.1 Å². The predicted octanol–water partition coefficient (Wildman–Crippen LogP) is 3.25. The minimum Gasteiger partial charge on any atom is -0.380 e. The maximum absolute atomic E-state index is 10.7. The number of aromatic nitrogens is 4. The van der Waals surface area contributed by atoms with E-state index in [0.29, 0.717) is 11.4 Å². The van der Waals surface area contributed by atoms with Crippen molar-refractivity contribution >= 4 is 27.0 Å². The number of para-hydroxylation sites is 2. The lowest BCUT2D eigenvalue weighted by Gasteiger charge is -2.16. The molecule has 0 saturated carbocycles. The average Bonchev–Trinajstić information content (AvgIpc) is 2.88. The first-order valence-electron chi connectivity index (χ1n) is 6.70. The second-order valence-electron chi connectivity index (χ2n) is 5.10. The highest BCUT2D eigenvalue weighted by Gasteiger charge is 2.22. The van der Waals surface area contributed by atoms with Gasteiger partial charge in [0.05, 0.1) is 39.3 Å². The third kappa shape index (κ3) is 2.56. The highest BCUT2D eigenvalue weighted by atomic mass is 79.9. The highest BCUT2D eigenvalue weighted by Crippen LogP contribution is 2.29. The molecule has 0 saturated heterocycles. The van der Waals surface area contributed by atoms with Crippen molar-refractivity contribution in [3.63, 3.8) is 0 Å². The van der Waals surface area contributed by atoms with Crippen LogP contribution in [0.2, 0.25) is 0 Å². The molecule has 1 atom stereocenters. The van der Waals surface area contributed by atoms with E-state index in [2.05, 4.69) is 31.0 Å². The van der Waals surface area contributed by atoms with Crippen LogP contribution in [0.1, 0.15) is 37.4 Å². The number of halogens is 1. The quantitative estimate of drug-likeness (QED) is 0.790. The van der Waals surface area contributed by atoms with Gasteiger partial charge in [0, 0.05) is 6.04 Å². The molecule has 0 radical (unpaired) electrons. The third-order valence-corrected chi connectivity index (χ3v) is 3.89. The Morgan fingerprint density at radius 2 is 1.86 bits per heavy atom. The summed E-state index contributed by atoms with van der Waals surface area (Å²) in [6.07, 6.45) is 2.42. The van der Waals surface area contributed by atoms with Crippen molar-refractivity contribution in [1.29, 1.82) is 0 Å². The van der Waals surface area contributed by atoms with Crippen LogP contribution in [-0.2, 0) is 0 Å². The lowest BCUT2D eigenvalue weighted by molar-refractivity contribution is 0.199. The topological polar surface area (TPSA) is 63.8 Å². The SMILES string of the molecule is CC(C)n1ncc(Br)c1C(O)c1cnc2ccccc2n1. The molecule has 1 aromatic carbocycles. The number of aliphatic hydroxyl groups excluding tert-OH is 1. The van der Waals surface area contributed by atoms with Crippen LogP contribution in [0.5, 0.6) is 0 Å². The van der Waals surface area contributed by atoms with Crippen molar-refractivity contribution in [2.75, 3.05) is 0 Å². The number of fused-ring (bicyclic) bond motifs is 1. The van der Waals surface area contributed by atoms with Gasteiger partial charge in [-0.25, -0.2) is 4.98 Å². The van der Waals surface area contributed by atoms with Crippen molar-refractivity contribution < 1.29 is 5.11 Å². The van der Waals surface area contributed by atoms with Crippen LogP contribution in [-0.4, -0.2) is 24.9 Å². The number of rotatable bonds is 3. The molecule has 3 aromatic rings. The summed E-state index contributed by atoms with van der Waals surface area (Å²) in [5, 5.41) is 14.9. The van der Waals surface area contributed by atoms with Gasteiger partial charge in [-0.05, 0) is 41.9 Å². The molecule has 1 N–H and O–H groups in total. The van der Waals surface area contributed by atoms with E-state index in [9.17, 15) is 5.11 Å². The van der Waals surface area contributed by atoms with Crippen LogP contribution in [0.3, 0.4) is 0 Å². The van der Waals surface area contributed by atoms with Gasteiger partial charge >= 0.3 is 0 Å². The molecule has 21 heavy (non-hydrogen) atoms. The molecule has 3 rings (SSSR count). The van der Waals surface area contributed by atoms with Crippen LogP contribution in [0.25, 0.3) is 11.0 Å². The van der Waals surface area contributed by atoms with Gasteiger partial charge < -0.3 is 5.11 Å². The zero-order valence-electron chi connectivity index (χ0n) is 11.7. The molecular weight excluding hydrogens is 332 g/mol. The summed E-state index contributed by atoms with van der Waals surface area (Å²) in [4.78, 5) is 8.85. The summed E-state index contributed by atoms with van der Waals surface area (Å²) < 4.78 is 2.55. The summed E-state index contributed by atoms with van der Waals surface area (Å²) in [7, 11) is 0. The Hall–Kier alpha value is -1.79. The van der Waals surface area contributed by atoms with E-state index in [0.717, 1.165) is 15.5 Å². The van der Waals surface area contributed by atoms with Crippen molar-refractivity contribution in [2.24, 2.45) is 0 Å². The Bertz CT molecular complexity index is 784. The molecule has 1 unspecified atom stereocenters. The normalized spacial score (nSPS) is 13.0. The molecule has 6 heteroatoms. The van der Waals surface area contributed by atoms with Crippen molar-refractivity contribution in [1.82, 2.24) is 19.7 Å². The number of hydrogen-bond acceptors (Lipinski definition) is 4. The van der Waals surface area contributed by atoms with E-state index >= 15 is 0 Å². The van der Waals surface area contributed by atoms with Crippen molar-refractivity contribution in [3.8, 4) is 0 Å². The summed E-state index contributed by atoms with van der Waals surface area (Å²) in [5.41, 5.74) is 2.78. The van der Waals surface area contributed by atoms with Crippen LogP contribution in [0.4, 0.5) is 0 Å². The van der Waals surface area contributed by atoms with Crippen molar-refractivity contribution in [3.05, 3.63) is 52.5 Å². The maximum atomic E-state index is 10.7. The first-order chi connectivity index (χ1) is 10.1. The Morgan fingerprint density at radius 3 is 2.57 bits per heavy atom. The molecule has 0 amide bonds. The molecule has 108 valence electrons. The molecule has 0 spiro atoms. The van der Waals surface area contributed by atoms with Gasteiger partial charge in [0.25, 0.3) is 0 Å². The number of aliphatic hydroxyl groups is 1. The first-order valence-corrected chi connectivity index (χ1v) is 7.50. The Balaban J connectivity index is 2.08. The lowest BCUT2D eigenvalue weighted by Crippen LogP contribution is -2.13. The van der Waals surface area contributed by atoms with Crippen LogP contribution in [0, 0.1) is 0 Å². The minimum atomic E-state index is -0.874. The number of hydrogen-bond donors (Lipinski definition) is 1. The molecule has 0 fully saturated rings. The van der Waals surface area contributed by atoms with Gasteiger partial charge in [-0.1, -0.05) is 12.1 Å². The highest BCUT2D eigenvalue weighted by molar-refractivity contribution is 9.10. The second kappa shape index (κ2) is 5.54. The molecule has 2 heterocycles. The van der Waals surface area contributed by atoms with Gasteiger partial charge in [0.15, 0.2) is 0 Å². The molecule has 0 aliphatic rings. The number of benzene rings is 1. The largest absolute Gasteiger partial charge is 0.380 e. The minimum absolute atomic E-state index is 0.148. The van der Waals surface area contributed by atoms with E-state index in [1.807, 2.05) is 38.1 Å². The van der Waals surface area contributed by atoms with Gasteiger partial charge in [0.1, 0.15) is 6.10 Å². The molecule has 0 aliphatic heterocycles. The first kappa shape index (κ1) is 14.2. The zero-order valence-corrected chi connectivity index (χ0v) is 13.3. The summed E-state index contributed by atoms with van der Waals surface area (Å²) in [5.74, 6) is 0. The molecule has 0 aliphatic carbocycles. The van der Waals surface area contributed by atoms with Crippen LogP contribution < -0.4 is 0 Å². The smallest absolute Gasteiger partial charge is 0.140 e. The van der Waals surface area contributed by atoms with Gasteiger partial charge in [-0.15, -0.1) is 0 Å². The maximum Gasteiger partial charge on any atom is 0.140 e. The molecule has 5 nitrogen and oxygen atoms in total. The third-order valence-electron chi connectivity index (χ3n) is 3.28. The Morgan fingerprint density at radius 1 is 1.14 bits per heavy atom. The number of nitrogens with zero attached hydrogens (tertiary/aromatic N) is 4. The van der Waals surface area contributed by atoms with Gasteiger partial charge in [-0.3, -0.25) is 9.67 Å². The van der Waals surface area contributed by atoms with E-state index in [4.69, 9.17) is 0 Å². The molecule has 2 aromatic heterocycles. The fourth-order valence-corrected chi connectivity index (χ4v) is 2.75. The fourth-order valence-electron chi connectivity index (χ4n) is 2.26. The monoisotopic (exact) mass is 346 g/mol. The van der Waals surface area contributed by atoms with Gasteiger partial charge in [0.2, 0.25) is 0 Å². The van der Waals surface area contributed by atoms with E-state index in [1.165, 1.54) is 0 Å². The Labute approximate surface area is 130 Å². The summed E-state index contributed by atoms with van der Waals surface area (Å²) in [6, 6.07) is 7.74. The Kier molecular flexibility index (Phi) is 3.73. The van der Waals surface area contributed by atoms with E-state index in [1.54, 1.807) is 17.1 Å². The van der Waals surface area contributed by atoms with Crippen LogP contribution >= 0.6 is 15.9 Å². The average molecular weight is 347 g/mol. The van der Waals surface area contributed by atoms with E-state index < -0.39 is 6.10 Å². The predicted molar refractivity (Wildman–Crippen MR) is 83.9 cm³/mol. The molecular formula is C15H15BrN4O. The van der Waals surface area contributed by atoms with Gasteiger partial charge in [-0.2, -0.15) is 5.10 Å². The second-order valence-corrected chi connectivity index (χ2v) is 5.96. The van der Waals surface area contributed by atoms with E-state index in [-0.39, 0.29) is 6.04 Å².